The Labute approximate surface area is 139 Å². The van der Waals surface area contributed by atoms with Crippen LogP contribution in [-0.4, -0.2) is 44.6 Å². The fourth-order valence-electron chi connectivity index (χ4n) is 2.34. The second-order valence-corrected chi connectivity index (χ2v) is 4.95. The lowest BCUT2D eigenvalue weighted by molar-refractivity contribution is 0.0696. The lowest BCUT2D eigenvalue weighted by atomic mass is 10.1. The van der Waals surface area contributed by atoms with Gasteiger partial charge in [-0.15, -0.1) is 0 Å². The largest absolute Gasteiger partial charge is 0.504 e. The van der Waals surface area contributed by atoms with E-state index in [1.165, 1.54) is 39.5 Å². The molecule has 0 bridgehead atoms. The van der Waals surface area contributed by atoms with Gasteiger partial charge in [-0.2, -0.15) is 0 Å². The number of aromatic carboxylic acids is 1. The Bertz CT molecular complexity index is 759. The van der Waals surface area contributed by atoms with E-state index in [0.29, 0.717) is 28.6 Å². The van der Waals surface area contributed by atoms with E-state index in [1.807, 2.05) is 0 Å². The van der Waals surface area contributed by atoms with E-state index in [0.717, 1.165) is 0 Å². The number of benzene rings is 2. The standard InChI is InChI=1S/C17H19NO6/c1-18(11-5-6-14(22-2)13(19)9-11)12-7-10(17(20)21)8-15(23-3)16(12)24-4/h5-9,19H,1-4H3,(H,20,21). The molecular formula is C17H19NO6. The summed E-state index contributed by atoms with van der Waals surface area (Å²) in [5, 5.41) is 19.2. The molecule has 2 N–H and O–H groups in total. The molecule has 0 amide bonds. The summed E-state index contributed by atoms with van der Waals surface area (Å²) in [4.78, 5) is 13.0. The fourth-order valence-corrected chi connectivity index (χ4v) is 2.34. The van der Waals surface area contributed by atoms with Gasteiger partial charge in [0.15, 0.2) is 23.0 Å². The highest BCUT2D eigenvalue weighted by molar-refractivity contribution is 5.91. The van der Waals surface area contributed by atoms with Crippen molar-refractivity contribution in [3.63, 3.8) is 0 Å². The van der Waals surface area contributed by atoms with Crippen LogP contribution in [0.3, 0.4) is 0 Å². The first-order valence-electron chi connectivity index (χ1n) is 7.03. The minimum Gasteiger partial charge on any atom is -0.504 e. The number of ether oxygens (including phenoxy) is 3. The van der Waals surface area contributed by atoms with Gasteiger partial charge in [-0.05, 0) is 24.3 Å². The molecule has 24 heavy (non-hydrogen) atoms. The zero-order valence-electron chi connectivity index (χ0n) is 13.9. The van der Waals surface area contributed by atoms with Crippen LogP contribution >= 0.6 is 0 Å². The Morgan fingerprint density at radius 1 is 1.00 bits per heavy atom. The molecule has 7 heteroatoms. The van der Waals surface area contributed by atoms with Crippen LogP contribution in [-0.2, 0) is 0 Å². The van der Waals surface area contributed by atoms with Crippen LogP contribution in [0.4, 0.5) is 11.4 Å². The molecule has 0 aromatic heterocycles. The van der Waals surface area contributed by atoms with Crippen LogP contribution in [0.25, 0.3) is 0 Å². The minimum atomic E-state index is -1.08. The van der Waals surface area contributed by atoms with Crippen LogP contribution in [0.5, 0.6) is 23.0 Å². The number of nitrogens with zero attached hydrogens (tertiary/aromatic N) is 1. The third-order valence-corrected chi connectivity index (χ3v) is 3.62. The van der Waals surface area contributed by atoms with E-state index in [9.17, 15) is 15.0 Å². The number of anilines is 2. The van der Waals surface area contributed by atoms with Crippen LogP contribution in [0.2, 0.25) is 0 Å². The van der Waals surface area contributed by atoms with Crippen molar-refractivity contribution in [3.8, 4) is 23.0 Å². The fraction of sp³-hybridized carbons (Fsp3) is 0.235. The summed E-state index contributed by atoms with van der Waals surface area (Å²) in [5.41, 5.74) is 1.17. The molecule has 0 spiro atoms. The van der Waals surface area contributed by atoms with Gasteiger partial charge in [-0.3, -0.25) is 0 Å². The van der Waals surface area contributed by atoms with Crippen molar-refractivity contribution in [3.05, 3.63) is 35.9 Å². The number of methoxy groups -OCH3 is 3. The second kappa shape index (κ2) is 6.99. The summed E-state index contributed by atoms with van der Waals surface area (Å²) in [6.07, 6.45) is 0. The number of phenols is 1. The number of carboxylic acids is 1. The predicted octanol–water partition coefficient (Wildman–Crippen LogP) is 2.88. The van der Waals surface area contributed by atoms with Gasteiger partial charge >= 0.3 is 5.97 Å². The molecule has 2 aromatic rings. The SMILES string of the molecule is COc1ccc(N(C)c2cc(C(=O)O)cc(OC)c2OC)cc1O. The van der Waals surface area contributed by atoms with E-state index >= 15 is 0 Å². The molecule has 2 rings (SSSR count). The van der Waals surface area contributed by atoms with Crippen LogP contribution in [0.1, 0.15) is 10.4 Å². The van der Waals surface area contributed by atoms with E-state index in [-0.39, 0.29) is 11.3 Å². The lowest BCUT2D eigenvalue weighted by Crippen LogP contribution is -2.13. The van der Waals surface area contributed by atoms with Crippen molar-refractivity contribution in [2.75, 3.05) is 33.3 Å². The molecule has 128 valence electrons. The zero-order valence-corrected chi connectivity index (χ0v) is 13.9. The van der Waals surface area contributed by atoms with Gasteiger partial charge < -0.3 is 29.3 Å². The van der Waals surface area contributed by atoms with Crippen molar-refractivity contribution < 1.29 is 29.2 Å². The van der Waals surface area contributed by atoms with Gasteiger partial charge in [0, 0.05) is 18.8 Å². The van der Waals surface area contributed by atoms with E-state index in [4.69, 9.17) is 14.2 Å². The molecule has 0 unspecified atom stereocenters. The van der Waals surface area contributed by atoms with Crippen LogP contribution in [0, 0.1) is 0 Å². The number of hydrogen-bond acceptors (Lipinski definition) is 6. The van der Waals surface area contributed by atoms with Gasteiger partial charge in [0.05, 0.1) is 32.6 Å². The highest BCUT2D eigenvalue weighted by atomic mass is 16.5. The lowest BCUT2D eigenvalue weighted by Gasteiger charge is -2.24. The van der Waals surface area contributed by atoms with Gasteiger partial charge in [-0.25, -0.2) is 4.79 Å². The average Bonchev–Trinajstić information content (AvgIpc) is 2.59. The summed E-state index contributed by atoms with van der Waals surface area (Å²) in [7, 11) is 6.10. The summed E-state index contributed by atoms with van der Waals surface area (Å²) in [6.45, 7) is 0. The van der Waals surface area contributed by atoms with Gasteiger partial charge in [0.2, 0.25) is 0 Å². The number of hydrogen-bond donors (Lipinski definition) is 2. The maximum Gasteiger partial charge on any atom is 0.335 e. The molecule has 0 aliphatic carbocycles. The van der Waals surface area contributed by atoms with Crippen LogP contribution < -0.4 is 19.1 Å². The number of carbonyl (C=O) groups is 1. The quantitative estimate of drug-likeness (QED) is 0.840. The molecular weight excluding hydrogens is 314 g/mol. The molecule has 0 saturated heterocycles. The molecule has 0 aliphatic heterocycles. The van der Waals surface area contributed by atoms with Crippen molar-refractivity contribution >= 4 is 17.3 Å². The molecule has 0 atom stereocenters. The van der Waals surface area contributed by atoms with Crippen molar-refractivity contribution in [1.82, 2.24) is 0 Å². The summed E-state index contributed by atoms with van der Waals surface area (Å²) in [6, 6.07) is 7.73. The van der Waals surface area contributed by atoms with Gasteiger partial charge in [0.25, 0.3) is 0 Å². The smallest absolute Gasteiger partial charge is 0.335 e. The van der Waals surface area contributed by atoms with E-state index < -0.39 is 5.97 Å². The second-order valence-electron chi connectivity index (χ2n) is 4.95. The number of phenolic OH excluding ortho intramolecular Hbond substituents is 1. The van der Waals surface area contributed by atoms with E-state index in [1.54, 1.807) is 24.1 Å². The Kier molecular flexibility index (Phi) is 5.03. The first-order chi connectivity index (χ1) is 11.4. The topological polar surface area (TPSA) is 88.5 Å². The monoisotopic (exact) mass is 333 g/mol. The summed E-state index contributed by atoms with van der Waals surface area (Å²) >= 11 is 0. The predicted molar refractivity (Wildman–Crippen MR) is 89.2 cm³/mol. The molecule has 0 fully saturated rings. The summed E-state index contributed by atoms with van der Waals surface area (Å²) in [5.74, 6) is -0.0707. The van der Waals surface area contributed by atoms with Gasteiger partial charge in [-0.1, -0.05) is 0 Å². The maximum atomic E-state index is 11.3. The Hall–Kier alpha value is -3.09. The highest BCUT2D eigenvalue weighted by Gasteiger charge is 2.20. The number of rotatable bonds is 6. The first-order valence-corrected chi connectivity index (χ1v) is 7.03. The average molecular weight is 333 g/mol. The molecule has 0 radical (unpaired) electrons. The maximum absolute atomic E-state index is 11.3. The number of aromatic hydroxyl groups is 1. The van der Waals surface area contributed by atoms with Gasteiger partial charge in [0.1, 0.15) is 0 Å². The third-order valence-electron chi connectivity index (χ3n) is 3.62. The Morgan fingerprint density at radius 2 is 1.67 bits per heavy atom. The van der Waals surface area contributed by atoms with Crippen molar-refractivity contribution in [2.24, 2.45) is 0 Å². The molecule has 0 heterocycles. The molecule has 7 nitrogen and oxygen atoms in total. The summed E-state index contributed by atoms with van der Waals surface area (Å²) < 4.78 is 15.6. The highest BCUT2D eigenvalue weighted by Crippen LogP contribution is 2.42. The van der Waals surface area contributed by atoms with E-state index in [2.05, 4.69) is 0 Å². The zero-order chi connectivity index (χ0) is 17.9. The molecule has 0 aliphatic rings. The number of carboxylic acid groups (broad SMARTS) is 1. The molecule has 0 saturated carbocycles. The van der Waals surface area contributed by atoms with Crippen molar-refractivity contribution in [2.45, 2.75) is 0 Å². The first kappa shape index (κ1) is 17.3. The Balaban J connectivity index is 2.58. The minimum absolute atomic E-state index is 0.0258. The normalized spacial score (nSPS) is 10.2. The third kappa shape index (κ3) is 3.15. The van der Waals surface area contributed by atoms with Crippen LogP contribution in [0.15, 0.2) is 30.3 Å². The molecule has 2 aromatic carbocycles. The Morgan fingerprint density at radius 3 is 2.17 bits per heavy atom. The van der Waals surface area contributed by atoms with Crippen molar-refractivity contribution in [1.29, 1.82) is 0 Å².